The number of hydrogen-bond donors (Lipinski definition) is 0. The SMILES string of the molecule is CCCC1(CCC)CC(=O)c2cc(C)c(CC)cc2O1. The summed E-state index contributed by atoms with van der Waals surface area (Å²) in [6, 6.07) is 4.10. The molecule has 1 aliphatic rings. The Balaban J connectivity index is 2.43. The predicted molar refractivity (Wildman–Crippen MR) is 82.7 cm³/mol. The van der Waals surface area contributed by atoms with Gasteiger partial charge >= 0.3 is 0 Å². The maximum Gasteiger partial charge on any atom is 0.170 e. The third-order valence-corrected chi connectivity index (χ3v) is 4.34. The molecule has 0 aromatic heterocycles. The van der Waals surface area contributed by atoms with Gasteiger partial charge in [-0.15, -0.1) is 0 Å². The zero-order chi connectivity index (χ0) is 14.8. The van der Waals surface area contributed by atoms with E-state index in [-0.39, 0.29) is 11.4 Å². The number of ketones is 1. The molecule has 0 saturated heterocycles. The third-order valence-electron chi connectivity index (χ3n) is 4.34. The van der Waals surface area contributed by atoms with Gasteiger partial charge in [-0.25, -0.2) is 0 Å². The van der Waals surface area contributed by atoms with Crippen molar-refractivity contribution in [2.75, 3.05) is 0 Å². The number of Topliss-reactive ketones (excluding diaryl/α,β-unsaturated/α-hetero) is 1. The molecule has 0 aliphatic carbocycles. The van der Waals surface area contributed by atoms with Crippen molar-refractivity contribution in [2.24, 2.45) is 0 Å². The first-order valence-corrected chi connectivity index (χ1v) is 7.91. The molecular formula is C18H26O2. The molecule has 2 heteroatoms. The fourth-order valence-electron chi connectivity index (χ4n) is 3.39. The van der Waals surface area contributed by atoms with Crippen molar-refractivity contribution in [1.29, 1.82) is 0 Å². The number of benzene rings is 1. The lowest BCUT2D eigenvalue weighted by Crippen LogP contribution is -2.42. The Kier molecular flexibility index (Phi) is 4.52. The van der Waals surface area contributed by atoms with E-state index in [1.54, 1.807) is 0 Å². The first-order valence-electron chi connectivity index (χ1n) is 7.91. The largest absolute Gasteiger partial charge is 0.486 e. The molecule has 0 bridgehead atoms. The van der Waals surface area contributed by atoms with Crippen LogP contribution in [0.25, 0.3) is 0 Å². The van der Waals surface area contributed by atoms with Gasteiger partial charge in [0.25, 0.3) is 0 Å². The fraction of sp³-hybridized carbons (Fsp3) is 0.611. The quantitative estimate of drug-likeness (QED) is 0.766. The van der Waals surface area contributed by atoms with Crippen LogP contribution in [0.1, 0.15) is 74.4 Å². The van der Waals surface area contributed by atoms with Gasteiger partial charge in [0.15, 0.2) is 5.78 Å². The molecule has 20 heavy (non-hydrogen) atoms. The summed E-state index contributed by atoms with van der Waals surface area (Å²) >= 11 is 0. The molecule has 2 nitrogen and oxygen atoms in total. The van der Waals surface area contributed by atoms with E-state index in [1.165, 1.54) is 11.1 Å². The van der Waals surface area contributed by atoms with Crippen LogP contribution in [-0.4, -0.2) is 11.4 Å². The Bertz CT molecular complexity index is 496. The number of aryl methyl sites for hydroxylation is 2. The summed E-state index contributed by atoms with van der Waals surface area (Å²) in [5, 5.41) is 0. The van der Waals surface area contributed by atoms with Crippen LogP contribution in [0, 0.1) is 6.92 Å². The molecule has 1 aromatic rings. The molecular weight excluding hydrogens is 248 g/mol. The van der Waals surface area contributed by atoms with Crippen molar-refractivity contribution in [3.8, 4) is 5.75 Å². The van der Waals surface area contributed by atoms with Crippen LogP contribution in [0.2, 0.25) is 0 Å². The predicted octanol–water partition coefficient (Wildman–Crippen LogP) is 4.86. The summed E-state index contributed by atoms with van der Waals surface area (Å²) < 4.78 is 6.35. The van der Waals surface area contributed by atoms with E-state index >= 15 is 0 Å². The van der Waals surface area contributed by atoms with Gasteiger partial charge in [-0.05, 0) is 49.4 Å². The minimum Gasteiger partial charge on any atom is -0.486 e. The van der Waals surface area contributed by atoms with Crippen LogP contribution in [0.3, 0.4) is 0 Å². The first-order chi connectivity index (χ1) is 9.55. The van der Waals surface area contributed by atoms with Gasteiger partial charge < -0.3 is 4.74 Å². The second-order valence-corrected chi connectivity index (χ2v) is 6.01. The monoisotopic (exact) mass is 274 g/mol. The lowest BCUT2D eigenvalue weighted by Gasteiger charge is -2.38. The molecule has 1 aromatic carbocycles. The van der Waals surface area contributed by atoms with Crippen molar-refractivity contribution in [1.82, 2.24) is 0 Å². The number of carbonyl (C=O) groups excluding carboxylic acids is 1. The van der Waals surface area contributed by atoms with E-state index < -0.39 is 0 Å². The topological polar surface area (TPSA) is 26.3 Å². The van der Waals surface area contributed by atoms with Gasteiger partial charge in [-0.1, -0.05) is 33.6 Å². The maximum atomic E-state index is 12.5. The molecule has 0 radical (unpaired) electrons. The zero-order valence-corrected chi connectivity index (χ0v) is 13.2. The molecule has 1 aliphatic heterocycles. The van der Waals surface area contributed by atoms with Crippen molar-refractivity contribution < 1.29 is 9.53 Å². The molecule has 1 heterocycles. The van der Waals surface area contributed by atoms with Gasteiger partial charge in [-0.2, -0.15) is 0 Å². The summed E-state index contributed by atoms with van der Waals surface area (Å²) in [6.45, 7) is 8.54. The van der Waals surface area contributed by atoms with Gasteiger partial charge in [0.05, 0.1) is 12.0 Å². The minimum absolute atomic E-state index is 0.249. The molecule has 110 valence electrons. The summed E-state index contributed by atoms with van der Waals surface area (Å²) in [6.07, 6.45) is 5.53. The highest BCUT2D eigenvalue weighted by molar-refractivity contribution is 6.00. The lowest BCUT2D eigenvalue weighted by atomic mass is 9.82. The highest BCUT2D eigenvalue weighted by Gasteiger charge is 2.39. The van der Waals surface area contributed by atoms with E-state index in [0.717, 1.165) is 43.4 Å². The molecule has 0 atom stereocenters. The standard InChI is InChI=1S/C18H26O2/c1-5-8-18(9-6-2)12-16(19)15-10-13(4)14(7-3)11-17(15)20-18/h10-11H,5-9,12H2,1-4H3. The third kappa shape index (κ3) is 2.74. The summed E-state index contributed by atoms with van der Waals surface area (Å²) in [4.78, 5) is 12.5. The molecule has 0 amide bonds. The second kappa shape index (κ2) is 5.99. The number of carbonyl (C=O) groups is 1. The van der Waals surface area contributed by atoms with E-state index in [4.69, 9.17) is 4.74 Å². The van der Waals surface area contributed by atoms with Gasteiger partial charge in [-0.3, -0.25) is 4.79 Å². The maximum absolute atomic E-state index is 12.5. The lowest BCUT2D eigenvalue weighted by molar-refractivity contribution is 0.0270. The second-order valence-electron chi connectivity index (χ2n) is 6.01. The highest BCUT2D eigenvalue weighted by Crippen LogP contribution is 2.39. The normalized spacial score (nSPS) is 16.7. The minimum atomic E-state index is -0.270. The first kappa shape index (κ1) is 15.1. The van der Waals surface area contributed by atoms with Crippen molar-refractivity contribution >= 4 is 5.78 Å². The molecule has 0 fully saturated rings. The fourth-order valence-corrected chi connectivity index (χ4v) is 3.39. The summed E-state index contributed by atoms with van der Waals surface area (Å²) in [5.41, 5.74) is 2.98. The Morgan fingerprint density at radius 2 is 1.80 bits per heavy atom. The Morgan fingerprint density at radius 1 is 1.15 bits per heavy atom. The van der Waals surface area contributed by atoms with Gasteiger partial charge in [0.2, 0.25) is 0 Å². The molecule has 0 saturated carbocycles. The Labute approximate surface area is 122 Å². The van der Waals surface area contributed by atoms with Crippen LogP contribution in [0.4, 0.5) is 0 Å². The smallest absolute Gasteiger partial charge is 0.170 e. The average Bonchev–Trinajstić information content (AvgIpc) is 2.40. The van der Waals surface area contributed by atoms with E-state index in [1.807, 2.05) is 6.07 Å². The molecule has 0 spiro atoms. The molecule has 0 unspecified atom stereocenters. The van der Waals surface area contributed by atoms with Crippen molar-refractivity contribution in [3.63, 3.8) is 0 Å². The van der Waals surface area contributed by atoms with Crippen molar-refractivity contribution in [3.05, 3.63) is 28.8 Å². The average molecular weight is 274 g/mol. The van der Waals surface area contributed by atoms with E-state index in [0.29, 0.717) is 6.42 Å². The van der Waals surface area contributed by atoms with E-state index in [9.17, 15) is 4.79 Å². The highest BCUT2D eigenvalue weighted by atomic mass is 16.5. The van der Waals surface area contributed by atoms with Crippen LogP contribution in [0.5, 0.6) is 5.75 Å². The number of hydrogen-bond acceptors (Lipinski definition) is 2. The number of rotatable bonds is 5. The zero-order valence-electron chi connectivity index (χ0n) is 13.2. The van der Waals surface area contributed by atoms with Crippen LogP contribution in [-0.2, 0) is 6.42 Å². The Hall–Kier alpha value is -1.31. The van der Waals surface area contributed by atoms with Crippen LogP contribution in [0.15, 0.2) is 12.1 Å². The van der Waals surface area contributed by atoms with Crippen LogP contribution >= 0.6 is 0 Å². The van der Waals surface area contributed by atoms with Crippen LogP contribution < -0.4 is 4.74 Å². The van der Waals surface area contributed by atoms with Gasteiger partial charge in [0, 0.05) is 0 Å². The Morgan fingerprint density at radius 3 is 2.35 bits per heavy atom. The number of ether oxygens (including phenoxy) is 1. The summed E-state index contributed by atoms with van der Waals surface area (Å²) in [7, 11) is 0. The molecule has 0 N–H and O–H groups in total. The van der Waals surface area contributed by atoms with Gasteiger partial charge in [0.1, 0.15) is 11.4 Å². The summed E-state index contributed by atoms with van der Waals surface area (Å²) in [5.74, 6) is 1.06. The number of fused-ring (bicyclic) bond motifs is 1. The molecule has 2 rings (SSSR count). The van der Waals surface area contributed by atoms with Crippen molar-refractivity contribution in [2.45, 2.75) is 71.8 Å². The van der Waals surface area contributed by atoms with E-state index in [2.05, 4.69) is 33.8 Å².